The van der Waals surface area contributed by atoms with Gasteiger partial charge in [0.2, 0.25) is 5.88 Å². The van der Waals surface area contributed by atoms with E-state index < -0.39 is 5.54 Å². The first-order chi connectivity index (χ1) is 13.7. The molecule has 1 aromatic carbocycles. The molecule has 152 valence electrons. The molecule has 3 N–H and O–H groups in total. The molecule has 1 fully saturated rings. The molecule has 2 aliphatic rings. The van der Waals surface area contributed by atoms with Crippen LogP contribution in [0.15, 0.2) is 18.3 Å². The summed E-state index contributed by atoms with van der Waals surface area (Å²) in [7, 11) is 1.53. The number of fused-ring (bicyclic) bond motifs is 1. The van der Waals surface area contributed by atoms with Crippen molar-refractivity contribution in [3.8, 4) is 17.0 Å². The highest BCUT2D eigenvalue weighted by atomic mass is 19.1. The molecule has 7 heteroatoms. The second-order valence-corrected chi connectivity index (χ2v) is 8.37. The number of hydrogen-bond donors (Lipinski definition) is 3. The number of anilines is 2. The van der Waals surface area contributed by atoms with E-state index in [2.05, 4.69) is 10.3 Å². The monoisotopic (exact) mass is 395 g/mol. The van der Waals surface area contributed by atoms with Crippen molar-refractivity contribution in [3.63, 3.8) is 0 Å². The van der Waals surface area contributed by atoms with E-state index in [-0.39, 0.29) is 17.5 Å². The summed E-state index contributed by atoms with van der Waals surface area (Å²) in [6.07, 6.45) is 4.05. The van der Waals surface area contributed by atoms with Crippen molar-refractivity contribution in [2.45, 2.75) is 52.0 Å². The number of benzene rings is 1. The lowest BCUT2D eigenvalue weighted by atomic mass is 9.91. The molecular formula is C22H26FN5O. The van der Waals surface area contributed by atoms with E-state index in [0.29, 0.717) is 39.9 Å². The van der Waals surface area contributed by atoms with Crippen LogP contribution in [0, 0.1) is 23.6 Å². The molecule has 0 spiro atoms. The molecule has 0 amide bonds. The van der Waals surface area contributed by atoms with Gasteiger partial charge in [0.1, 0.15) is 17.5 Å². The van der Waals surface area contributed by atoms with Gasteiger partial charge in [0, 0.05) is 17.3 Å². The SMILES string of the molecule is COc1ncc(C2CC2)cc1-c1c(F)cc2c(c1C)N(C(C)=N)C(=N)C(C)(C)N2. The first kappa shape index (κ1) is 19.4. The summed E-state index contributed by atoms with van der Waals surface area (Å²) in [5.41, 5.74) is 3.21. The first-order valence-corrected chi connectivity index (χ1v) is 9.75. The summed E-state index contributed by atoms with van der Waals surface area (Å²) in [6, 6.07) is 3.42. The highest BCUT2D eigenvalue weighted by Crippen LogP contribution is 2.47. The molecule has 0 atom stereocenters. The van der Waals surface area contributed by atoms with Crippen molar-refractivity contribution in [2.75, 3.05) is 17.3 Å². The lowest BCUT2D eigenvalue weighted by Crippen LogP contribution is -2.55. The lowest BCUT2D eigenvalue weighted by Gasteiger charge is -2.43. The Morgan fingerprint density at radius 1 is 1.34 bits per heavy atom. The van der Waals surface area contributed by atoms with Crippen molar-refractivity contribution in [2.24, 2.45) is 0 Å². The van der Waals surface area contributed by atoms with Gasteiger partial charge in [0.25, 0.3) is 0 Å². The van der Waals surface area contributed by atoms with Crippen LogP contribution in [0.5, 0.6) is 5.88 Å². The van der Waals surface area contributed by atoms with E-state index in [1.165, 1.54) is 13.2 Å². The summed E-state index contributed by atoms with van der Waals surface area (Å²) in [6.45, 7) is 7.16. The van der Waals surface area contributed by atoms with Crippen LogP contribution in [0.4, 0.5) is 15.8 Å². The van der Waals surface area contributed by atoms with Gasteiger partial charge >= 0.3 is 0 Å². The zero-order valence-electron chi connectivity index (χ0n) is 17.4. The molecule has 1 aromatic heterocycles. The van der Waals surface area contributed by atoms with Crippen LogP contribution < -0.4 is 15.0 Å². The fraction of sp³-hybridized carbons (Fsp3) is 0.409. The predicted octanol–water partition coefficient (Wildman–Crippen LogP) is 5.07. The van der Waals surface area contributed by atoms with Crippen molar-refractivity contribution < 1.29 is 9.13 Å². The molecule has 0 saturated heterocycles. The van der Waals surface area contributed by atoms with E-state index in [0.717, 1.165) is 18.4 Å². The van der Waals surface area contributed by atoms with Crippen molar-refractivity contribution in [3.05, 3.63) is 35.3 Å². The Bertz CT molecular complexity index is 1040. The van der Waals surface area contributed by atoms with E-state index in [4.69, 9.17) is 15.6 Å². The van der Waals surface area contributed by atoms with Crippen molar-refractivity contribution in [1.29, 1.82) is 10.8 Å². The van der Waals surface area contributed by atoms with Gasteiger partial charge in [-0.25, -0.2) is 9.37 Å². The standard InChI is InChI=1S/C22H26FN5O/c1-11-18(15-8-14(13-6-7-13)10-26-20(15)29-5)16(23)9-17-19(11)28(12(2)24)21(25)22(3,4)27-17/h8-10,13,24-25,27H,6-7H2,1-5H3. The van der Waals surface area contributed by atoms with Gasteiger partial charge < -0.3 is 10.1 Å². The largest absolute Gasteiger partial charge is 0.481 e. The summed E-state index contributed by atoms with van der Waals surface area (Å²) in [5.74, 6) is 0.921. The Labute approximate surface area is 170 Å². The Morgan fingerprint density at radius 3 is 2.62 bits per heavy atom. The topological polar surface area (TPSA) is 85.1 Å². The first-order valence-electron chi connectivity index (χ1n) is 9.75. The molecule has 1 aliphatic heterocycles. The highest BCUT2D eigenvalue weighted by molar-refractivity contribution is 6.24. The summed E-state index contributed by atoms with van der Waals surface area (Å²) >= 11 is 0. The average Bonchev–Trinajstić information content (AvgIpc) is 3.48. The number of hydrogen-bond acceptors (Lipinski definition) is 5. The van der Waals surface area contributed by atoms with Gasteiger partial charge in [-0.3, -0.25) is 15.7 Å². The molecule has 1 saturated carbocycles. The van der Waals surface area contributed by atoms with Gasteiger partial charge in [-0.05, 0) is 69.7 Å². The third-order valence-electron chi connectivity index (χ3n) is 5.70. The maximum absolute atomic E-state index is 15.4. The number of rotatable bonds is 3. The van der Waals surface area contributed by atoms with Gasteiger partial charge in [-0.1, -0.05) is 0 Å². The Kier molecular flexibility index (Phi) is 4.37. The van der Waals surface area contributed by atoms with E-state index in [1.54, 1.807) is 18.0 Å². The number of nitrogens with one attached hydrogen (secondary N) is 3. The Hall–Kier alpha value is -2.96. The highest BCUT2D eigenvalue weighted by Gasteiger charge is 2.39. The average molecular weight is 395 g/mol. The number of pyridine rings is 1. The summed E-state index contributed by atoms with van der Waals surface area (Å²) in [5, 5.41) is 20.1. The molecule has 4 rings (SSSR count). The Morgan fingerprint density at radius 2 is 2.03 bits per heavy atom. The molecule has 0 bridgehead atoms. The second kappa shape index (κ2) is 6.54. The zero-order chi connectivity index (χ0) is 21.1. The number of ether oxygens (including phenoxy) is 1. The quantitative estimate of drug-likeness (QED) is 0.500. The Balaban J connectivity index is 1.98. The van der Waals surface area contributed by atoms with Crippen LogP contribution in [0.3, 0.4) is 0 Å². The van der Waals surface area contributed by atoms with Crippen LogP contribution in [0.1, 0.15) is 50.7 Å². The van der Waals surface area contributed by atoms with Gasteiger partial charge in [-0.15, -0.1) is 0 Å². The van der Waals surface area contributed by atoms with Gasteiger partial charge in [-0.2, -0.15) is 0 Å². The van der Waals surface area contributed by atoms with Gasteiger partial charge in [0.05, 0.1) is 24.0 Å². The molecule has 0 unspecified atom stereocenters. The minimum Gasteiger partial charge on any atom is -0.481 e. The number of methoxy groups -OCH3 is 1. The fourth-order valence-corrected chi connectivity index (χ4v) is 4.05. The lowest BCUT2D eigenvalue weighted by molar-refractivity contribution is 0.399. The third kappa shape index (κ3) is 3.05. The van der Waals surface area contributed by atoms with Gasteiger partial charge in [0.15, 0.2) is 0 Å². The van der Waals surface area contributed by atoms with Crippen LogP contribution in [-0.4, -0.2) is 29.3 Å². The molecule has 6 nitrogen and oxygen atoms in total. The fourth-order valence-electron chi connectivity index (χ4n) is 4.05. The maximum Gasteiger partial charge on any atom is 0.221 e. The van der Waals surface area contributed by atoms with Crippen LogP contribution in [0.2, 0.25) is 0 Å². The third-order valence-corrected chi connectivity index (χ3v) is 5.70. The molecule has 2 aromatic rings. The zero-order valence-corrected chi connectivity index (χ0v) is 17.4. The van der Waals surface area contributed by atoms with E-state index in [1.807, 2.05) is 26.8 Å². The molecule has 29 heavy (non-hydrogen) atoms. The van der Waals surface area contributed by atoms with Crippen LogP contribution >= 0.6 is 0 Å². The summed E-state index contributed by atoms with van der Waals surface area (Å²) in [4.78, 5) is 6.00. The number of nitrogens with zero attached hydrogens (tertiary/aromatic N) is 2. The van der Waals surface area contributed by atoms with Crippen LogP contribution in [-0.2, 0) is 0 Å². The van der Waals surface area contributed by atoms with Crippen LogP contribution in [0.25, 0.3) is 11.1 Å². The second-order valence-electron chi connectivity index (χ2n) is 8.37. The number of amidine groups is 2. The molecule has 0 radical (unpaired) electrons. The maximum atomic E-state index is 15.4. The smallest absolute Gasteiger partial charge is 0.221 e. The molecule has 2 heterocycles. The molecular weight excluding hydrogens is 369 g/mol. The van der Waals surface area contributed by atoms with E-state index >= 15 is 4.39 Å². The summed E-state index contributed by atoms with van der Waals surface area (Å²) < 4.78 is 20.9. The minimum absolute atomic E-state index is 0.211. The predicted molar refractivity (Wildman–Crippen MR) is 114 cm³/mol. The minimum atomic E-state index is -0.721. The number of halogens is 1. The van der Waals surface area contributed by atoms with Crippen molar-refractivity contribution in [1.82, 2.24) is 4.98 Å². The normalized spacial score (nSPS) is 17.6. The van der Waals surface area contributed by atoms with Crippen molar-refractivity contribution >= 4 is 23.0 Å². The number of aromatic nitrogens is 1. The molecule has 1 aliphatic carbocycles. The van der Waals surface area contributed by atoms with E-state index in [9.17, 15) is 0 Å².